The Labute approximate surface area is 101 Å². The maximum atomic E-state index is 8.77. The Morgan fingerprint density at radius 2 is 1.00 bits per heavy atom. The molecule has 4 heteroatoms. The van der Waals surface area contributed by atoms with Gasteiger partial charge in [0, 0.05) is 0 Å². The summed E-state index contributed by atoms with van der Waals surface area (Å²) in [5, 5.41) is 17.5. The van der Waals surface area contributed by atoms with E-state index in [1.807, 2.05) is 42.0 Å². The quantitative estimate of drug-likeness (QED) is 0.708. The monoisotopic (exact) mass is 234 g/mol. The first-order valence-electron chi connectivity index (χ1n) is 5.91. The van der Waals surface area contributed by atoms with Crippen LogP contribution in [0.1, 0.15) is 26.7 Å². The van der Waals surface area contributed by atoms with Crippen molar-refractivity contribution in [3.63, 3.8) is 0 Å². The van der Waals surface area contributed by atoms with E-state index in [1.54, 1.807) is 0 Å². The average molecular weight is 234 g/mol. The van der Waals surface area contributed by atoms with Crippen LogP contribution in [0, 0.1) is 0 Å². The molecular formula is C12H30N2O2. The number of nitrogens with zero attached hydrogens (tertiary/aromatic N) is 2. The molecule has 100 valence electrons. The molecule has 0 rings (SSSR count). The smallest absolute Gasteiger partial charge is 0.0524 e. The topological polar surface area (TPSA) is 46.9 Å². The van der Waals surface area contributed by atoms with Gasteiger partial charge in [0.05, 0.1) is 12.2 Å². The predicted molar refractivity (Wildman–Crippen MR) is 69.7 cm³/mol. The van der Waals surface area contributed by atoms with Crippen LogP contribution in [-0.2, 0) is 0 Å². The fraction of sp³-hybridized carbons (Fsp3) is 1.00. The Morgan fingerprint density at radius 1 is 0.750 bits per heavy atom. The minimum Gasteiger partial charge on any atom is -0.393 e. The van der Waals surface area contributed by atoms with Gasteiger partial charge in [-0.05, 0) is 68.0 Å². The van der Waals surface area contributed by atoms with Crippen LogP contribution in [0.5, 0.6) is 0 Å². The number of rotatable bonds is 6. The Balaban J connectivity index is 0. The minimum absolute atomic E-state index is 0.155. The van der Waals surface area contributed by atoms with E-state index in [0.29, 0.717) is 0 Å². The predicted octanol–water partition coefficient (Wildman–Crippen LogP) is 0.638. The van der Waals surface area contributed by atoms with E-state index in [-0.39, 0.29) is 12.2 Å². The van der Waals surface area contributed by atoms with E-state index >= 15 is 0 Å². The van der Waals surface area contributed by atoms with Crippen LogP contribution >= 0.6 is 0 Å². The lowest BCUT2D eigenvalue weighted by Gasteiger charge is -2.09. The molecule has 0 saturated heterocycles. The molecule has 2 unspecified atom stereocenters. The second kappa shape index (κ2) is 11.3. The third-order valence-corrected chi connectivity index (χ3v) is 1.99. The van der Waals surface area contributed by atoms with Crippen LogP contribution < -0.4 is 0 Å². The molecule has 2 N–H and O–H groups in total. The Kier molecular flexibility index (Phi) is 12.9. The highest BCUT2D eigenvalue weighted by Crippen LogP contribution is 1.89. The molecule has 0 amide bonds. The number of hydrogen-bond donors (Lipinski definition) is 2. The molecule has 0 aliphatic heterocycles. The van der Waals surface area contributed by atoms with Crippen LogP contribution in [0.4, 0.5) is 0 Å². The third-order valence-electron chi connectivity index (χ3n) is 1.99. The summed E-state index contributed by atoms with van der Waals surface area (Å²) in [7, 11) is 8.01. The fourth-order valence-electron chi connectivity index (χ4n) is 0.890. The van der Waals surface area contributed by atoms with Gasteiger partial charge in [0.1, 0.15) is 0 Å². The Hall–Kier alpha value is -0.160. The SMILES string of the molecule is CC(O)CCN(C)C.CC(O)CCN(C)C. The van der Waals surface area contributed by atoms with Crippen molar-refractivity contribution in [2.75, 3.05) is 41.3 Å². The van der Waals surface area contributed by atoms with Crippen LogP contribution in [0.15, 0.2) is 0 Å². The van der Waals surface area contributed by atoms with Gasteiger partial charge in [-0.2, -0.15) is 0 Å². The van der Waals surface area contributed by atoms with E-state index in [0.717, 1.165) is 25.9 Å². The van der Waals surface area contributed by atoms with Crippen molar-refractivity contribution in [2.45, 2.75) is 38.9 Å². The van der Waals surface area contributed by atoms with Crippen molar-refractivity contribution < 1.29 is 10.2 Å². The van der Waals surface area contributed by atoms with Gasteiger partial charge in [0.2, 0.25) is 0 Å². The number of aliphatic hydroxyl groups excluding tert-OH is 2. The average Bonchev–Trinajstić information content (AvgIpc) is 2.12. The third kappa shape index (κ3) is 23.6. The van der Waals surface area contributed by atoms with Crippen LogP contribution in [0.3, 0.4) is 0 Å². The van der Waals surface area contributed by atoms with Gasteiger partial charge in [-0.3, -0.25) is 0 Å². The van der Waals surface area contributed by atoms with E-state index in [2.05, 4.69) is 9.80 Å². The van der Waals surface area contributed by atoms with Crippen molar-refractivity contribution in [3.05, 3.63) is 0 Å². The molecule has 0 aliphatic rings. The number of hydrogen-bond acceptors (Lipinski definition) is 4. The largest absolute Gasteiger partial charge is 0.393 e. The standard InChI is InChI=1S/2C6H15NO/c2*1-6(8)4-5-7(2)3/h2*6,8H,4-5H2,1-3H3. The zero-order chi connectivity index (χ0) is 13.1. The molecule has 2 atom stereocenters. The first kappa shape index (κ1) is 18.2. The molecule has 0 aromatic carbocycles. The van der Waals surface area contributed by atoms with Gasteiger partial charge in [0.15, 0.2) is 0 Å². The van der Waals surface area contributed by atoms with Crippen LogP contribution in [0.25, 0.3) is 0 Å². The first-order chi connectivity index (χ1) is 7.25. The minimum atomic E-state index is -0.155. The Morgan fingerprint density at radius 3 is 1.06 bits per heavy atom. The molecule has 0 aromatic rings. The number of aliphatic hydroxyl groups is 2. The zero-order valence-electron chi connectivity index (χ0n) is 11.8. The second-order valence-corrected chi connectivity index (χ2v) is 4.88. The summed E-state index contributed by atoms with van der Waals surface area (Å²) in [6.07, 6.45) is 1.43. The molecule has 4 nitrogen and oxygen atoms in total. The highest BCUT2D eigenvalue weighted by atomic mass is 16.3. The zero-order valence-corrected chi connectivity index (χ0v) is 11.8. The van der Waals surface area contributed by atoms with E-state index < -0.39 is 0 Å². The normalized spacial score (nSPS) is 14.6. The van der Waals surface area contributed by atoms with E-state index in [9.17, 15) is 0 Å². The molecule has 0 spiro atoms. The van der Waals surface area contributed by atoms with Gasteiger partial charge in [-0.1, -0.05) is 0 Å². The van der Waals surface area contributed by atoms with Crippen molar-refractivity contribution in [1.29, 1.82) is 0 Å². The van der Waals surface area contributed by atoms with Crippen molar-refractivity contribution in [2.24, 2.45) is 0 Å². The van der Waals surface area contributed by atoms with Gasteiger partial charge in [0.25, 0.3) is 0 Å². The fourth-order valence-corrected chi connectivity index (χ4v) is 0.890. The van der Waals surface area contributed by atoms with Crippen molar-refractivity contribution in [3.8, 4) is 0 Å². The molecular weight excluding hydrogens is 204 g/mol. The summed E-state index contributed by atoms with van der Waals surface area (Å²) in [4.78, 5) is 4.12. The summed E-state index contributed by atoms with van der Waals surface area (Å²) in [6, 6.07) is 0. The first-order valence-corrected chi connectivity index (χ1v) is 5.91. The maximum Gasteiger partial charge on any atom is 0.0524 e. The van der Waals surface area contributed by atoms with Gasteiger partial charge < -0.3 is 20.0 Å². The summed E-state index contributed by atoms with van der Waals surface area (Å²) >= 11 is 0. The molecule has 0 saturated carbocycles. The summed E-state index contributed by atoms with van der Waals surface area (Å²) < 4.78 is 0. The lowest BCUT2D eigenvalue weighted by molar-refractivity contribution is 0.170. The molecule has 0 bridgehead atoms. The Bertz CT molecular complexity index is 105. The van der Waals surface area contributed by atoms with Crippen molar-refractivity contribution in [1.82, 2.24) is 9.80 Å². The molecule has 0 heterocycles. The van der Waals surface area contributed by atoms with Crippen molar-refractivity contribution >= 4 is 0 Å². The van der Waals surface area contributed by atoms with Crippen LogP contribution in [-0.4, -0.2) is 73.5 Å². The van der Waals surface area contributed by atoms with Gasteiger partial charge in [-0.25, -0.2) is 0 Å². The van der Waals surface area contributed by atoms with E-state index in [1.165, 1.54) is 0 Å². The summed E-state index contributed by atoms with van der Waals surface area (Å²) in [6.45, 7) is 5.56. The highest BCUT2D eigenvalue weighted by Gasteiger charge is 1.95. The molecule has 16 heavy (non-hydrogen) atoms. The molecule has 0 aromatic heterocycles. The van der Waals surface area contributed by atoms with Crippen LogP contribution in [0.2, 0.25) is 0 Å². The maximum absolute atomic E-state index is 8.77. The van der Waals surface area contributed by atoms with E-state index in [4.69, 9.17) is 10.2 Å². The molecule has 0 radical (unpaired) electrons. The lowest BCUT2D eigenvalue weighted by atomic mass is 10.3. The highest BCUT2D eigenvalue weighted by molar-refractivity contribution is 4.49. The van der Waals surface area contributed by atoms with Gasteiger partial charge in [-0.15, -0.1) is 0 Å². The van der Waals surface area contributed by atoms with Gasteiger partial charge >= 0.3 is 0 Å². The molecule has 0 fully saturated rings. The molecule has 0 aliphatic carbocycles. The summed E-state index contributed by atoms with van der Waals surface area (Å²) in [5.74, 6) is 0. The second-order valence-electron chi connectivity index (χ2n) is 4.88. The summed E-state index contributed by atoms with van der Waals surface area (Å²) in [5.41, 5.74) is 0. The lowest BCUT2D eigenvalue weighted by Crippen LogP contribution is -2.17.